The van der Waals surface area contributed by atoms with Crippen molar-refractivity contribution in [1.29, 1.82) is 5.26 Å². The fourth-order valence-corrected chi connectivity index (χ4v) is 2.34. The molecule has 0 fully saturated rings. The second-order valence-corrected chi connectivity index (χ2v) is 5.47. The zero-order valence-electron chi connectivity index (χ0n) is 9.69. The van der Waals surface area contributed by atoms with E-state index in [1.807, 2.05) is 30.3 Å². The summed E-state index contributed by atoms with van der Waals surface area (Å²) in [6, 6.07) is 9.24. The van der Waals surface area contributed by atoms with Crippen molar-refractivity contribution in [1.82, 2.24) is 5.32 Å². The van der Waals surface area contributed by atoms with E-state index in [1.54, 1.807) is 0 Å². The van der Waals surface area contributed by atoms with Crippen LogP contribution < -0.4 is 5.32 Å². The van der Waals surface area contributed by atoms with E-state index < -0.39 is 0 Å². The molecular formula is C13H16N2OSe. The zero-order chi connectivity index (χ0) is 12.3. The van der Waals surface area contributed by atoms with Gasteiger partial charge in [-0.3, -0.25) is 0 Å². The SMILES string of the molecule is N#C[Se]CCCCCNC(=O)c1ccccc1. The third-order valence-electron chi connectivity index (χ3n) is 2.31. The quantitative estimate of drug-likeness (QED) is 0.619. The Morgan fingerprint density at radius 1 is 1.24 bits per heavy atom. The summed E-state index contributed by atoms with van der Waals surface area (Å²) in [5, 5.41) is 12.3. The Bertz CT molecular complexity index is 373. The van der Waals surface area contributed by atoms with Gasteiger partial charge in [0.15, 0.2) is 0 Å². The predicted octanol–water partition coefficient (Wildman–Crippen LogP) is 2.19. The summed E-state index contributed by atoms with van der Waals surface area (Å²) in [4.78, 5) is 13.8. The molecule has 0 aliphatic carbocycles. The molecule has 0 atom stereocenters. The van der Waals surface area contributed by atoms with Crippen LogP contribution in [0.3, 0.4) is 0 Å². The monoisotopic (exact) mass is 296 g/mol. The number of carbonyl (C=O) groups is 1. The molecule has 0 aliphatic heterocycles. The molecule has 0 heterocycles. The number of nitrogens with zero attached hydrogens (tertiary/aromatic N) is 1. The number of nitrogens with one attached hydrogen (secondary N) is 1. The summed E-state index contributed by atoms with van der Waals surface area (Å²) in [6.07, 6.45) is 3.16. The van der Waals surface area contributed by atoms with Crippen molar-refractivity contribution >= 4 is 20.9 Å². The number of rotatable bonds is 7. The summed E-state index contributed by atoms with van der Waals surface area (Å²) in [5.74, 6) is -0.00755. The van der Waals surface area contributed by atoms with Crippen LogP contribution in [0.1, 0.15) is 29.6 Å². The Kier molecular flexibility index (Phi) is 7.13. The third kappa shape index (κ3) is 6.11. The van der Waals surface area contributed by atoms with Crippen molar-refractivity contribution in [3.05, 3.63) is 35.9 Å². The van der Waals surface area contributed by atoms with E-state index in [2.05, 4.69) is 10.3 Å². The fraction of sp³-hybridized carbons (Fsp3) is 0.385. The number of carbonyl (C=O) groups excluding carboxylic acids is 1. The first kappa shape index (κ1) is 13.8. The zero-order valence-corrected chi connectivity index (χ0v) is 11.4. The normalized spacial score (nSPS) is 9.59. The topological polar surface area (TPSA) is 52.9 Å². The van der Waals surface area contributed by atoms with Crippen LogP contribution in [0.15, 0.2) is 30.3 Å². The van der Waals surface area contributed by atoms with Gasteiger partial charge in [0.25, 0.3) is 0 Å². The number of benzene rings is 1. The number of amides is 1. The van der Waals surface area contributed by atoms with Crippen LogP contribution in [0.4, 0.5) is 0 Å². The molecule has 0 spiro atoms. The van der Waals surface area contributed by atoms with Crippen LogP contribution in [0.5, 0.6) is 0 Å². The maximum atomic E-state index is 11.6. The fourth-order valence-electron chi connectivity index (χ4n) is 1.42. The number of nitriles is 1. The summed E-state index contributed by atoms with van der Waals surface area (Å²) < 4.78 is 0. The molecule has 17 heavy (non-hydrogen) atoms. The van der Waals surface area contributed by atoms with Gasteiger partial charge in [0.2, 0.25) is 0 Å². The van der Waals surface area contributed by atoms with Crippen molar-refractivity contribution in [2.45, 2.75) is 24.6 Å². The molecule has 0 unspecified atom stereocenters. The molecule has 1 aromatic carbocycles. The van der Waals surface area contributed by atoms with Crippen LogP contribution in [0.25, 0.3) is 0 Å². The first-order valence-electron chi connectivity index (χ1n) is 5.68. The van der Waals surface area contributed by atoms with Gasteiger partial charge in [-0.2, -0.15) is 0 Å². The predicted molar refractivity (Wildman–Crippen MR) is 68.8 cm³/mol. The molecule has 1 rings (SSSR count). The Morgan fingerprint density at radius 3 is 2.71 bits per heavy atom. The second kappa shape index (κ2) is 8.81. The number of unbranched alkanes of at least 4 members (excludes halogenated alkanes) is 2. The van der Waals surface area contributed by atoms with E-state index in [1.165, 1.54) is 0 Å². The van der Waals surface area contributed by atoms with Gasteiger partial charge in [-0.15, -0.1) is 0 Å². The van der Waals surface area contributed by atoms with Crippen LogP contribution in [-0.2, 0) is 0 Å². The number of hydrogen-bond acceptors (Lipinski definition) is 2. The molecule has 4 heteroatoms. The van der Waals surface area contributed by atoms with Crippen LogP contribution in [0.2, 0.25) is 5.32 Å². The van der Waals surface area contributed by atoms with Crippen LogP contribution in [0, 0.1) is 10.2 Å². The summed E-state index contributed by atoms with van der Waals surface area (Å²) in [7, 11) is 0. The Labute approximate surface area is 108 Å². The van der Waals surface area contributed by atoms with E-state index in [4.69, 9.17) is 5.26 Å². The first-order chi connectivity index (χ1) is 8.34. The Balaban J connectivity index is 2.07. The molecule has 0 aromatic heterocycles. The van der Waals surface area contributed by atoms with E-state index >= 15 is 0 Å². The first-order valence-corrected chi connectivity index (χ1v) is 7.75. The van der Waals surface area contributed by atoms with Crippen molar-refractivity contribution in [2.24, 2.45) is 0 Å². The summed E-state index contributed by atoms with van der Waals surface area (Å²) >= 11 is 0.146. The van der Waals surface area contributed by atoms with E-state index in [0.29, 0.717) is 12.1 Å². The molecule has 0 aliphatic rings. The summed E-state index contributed by atoms with van der Waals surface area (Å²) in [6.45, 7) is 0.716. The molecule has 3 nitrogen and oxygen atoms in total. The van der Waals surface area contributed by atoms with Crippen molar-refractivity contribution in [2.75, 3.05) is 6.54 Å². The van der Waals surface area contributed by atoms with Crippen molar-refractivity contribution in [3.8, 4) is 4.97 Å². The average molecular weight is 295 g/mol. The molecule has 1 amide bonds. The van der Waals surface area contributed by atoms with Gasteiger partial charge < -0.3 is 0 Å². The molecule has 0 saturated carbocycles. The summed E-state index contributed by atoms with van der Waals surface area (Å²) in [5.41, 5.74) is 0.709. The molecule has 0 bridgehead atoms. The van der Waals surface area contributed by atoms with E-state index in [-0.39, 0.29) is 20.9 Å². The average Bonchev–Trinajstić information content (AvgIpc) is 2.38. The minimum absolute atomic E-state index is 0.00755. The van der Waals surface area contributed by atoms with Gasteiger partial charge in [0.1, 0.15) is 0 Å². The Hall–Kier alpha value is -1.30. The van der Waals surface area contributed by atoms with Crippen LogP contribution >= 0.6 is 0 Å². The van der Waals surface area contributed by atoms with Gasteiger partial charge in [0, 0.05) is 0 Å². The van der Waals surface area contributed by atoms with Crippen molar-refractivity contribution < 1.29 is 4.79 Å². The van der Waals surface area contributed by atoms with Gasteiger partial charge in [-0.05, 0) is 0 Å². The van der Waals surface area contributed by atoms with E-state index in [0.717, 1.165) is 24.6 Å². The maximum absolute atomic E-state index is 11.6. The number of hydrogen-bond donors (Lipinski definition) is 1. The van der Waals surface area contributed by atoms with E-state index in [9.17, 15) is 4.79 Å². The molecule has 0 saturated heterocycles. The van der Waals surface area contributed by atoms with Gasteiger partial charge >= 0.3 is 108 Å². The third-order valence-corrected chi connectivity index (χ3v) is 3.61. The van der Waals surface area contributed by atoms with Crippen LogP contribution in [-0.4, -0.2) is 27.4 Å². The molecule has 90 valence electrons. The molecule has 1 aromatic rings. The minimum atomic E-state index is -0.00755. The Morgan fingerprint density at radius 2 is 2.00 bits per heavy atom. The molecular weight excluding hydrogens is 279 g/mol. The molecule has 0 radical (unpaired) electrons. The van der Waals surface area contributed by atoms with Crippen molar-refractivity contribution in [3.63, 3.8) is 0 Å². The standard InChI is InChI=1S/C13H16N2OSe/c14-11-17-10-6-2-5-9-15-13(16)12-7-3-1-4-8-12/h1,3-4,7-8H,2,5-6,9-10H2,(H,15,16). The van der Waals surface area contributed by atoms with Gasteiger partial charge in [0.05, 0.1) is 0 Å². The molecule has 1 N–H and O–H groups in total. The second-order valence-electron chi connectivity index (χ2n) is 3.62. The van der Waals surface area contributed by atoms with Gasteiger partial charge in [-0.25, -0.2) is 0 Å². The van der Waals surface area contributed by atoms with Gasteiger partial charge in [-0.1, -0.05) is 0 Å².